The van der Waals surface area contributed by atoms with Gasteiger partial charge in [-0.25, -0.2) is 0 Å². The molecule has 9 heteroatoms. The lowest BCUT2D eigenvalue weighted by molar-refractivity contribution is -0.141. The van der Waals surface area contributed by atoms with Gasteiger partial charge in [0.2, 0.25) is 11.8 Å². The number of piperazine rings is 1. The summed E-state index contributed by atoms with van der Waals surface area (Å²) in [5.74, 6) is -0.515. The molecule has 1 fully saturated rings. The predicted molar refractivity (Wildman–Crippen MR) is 107 cm³/mol. The molecule has 3 N–H and O–H groups in total. The Morgan fingerprint density at radius 1 is 1.14 bits per heavy atom. The van der Waals surface area contributed by atoms with E-state index in [1.54, 1.807) is 9.80 Å². The summed E-state index contributed by atoms with van der Waals surface area (Å²) in [6, 6.07) is 4.64. The standard InChI is InChI=1S/C19H26BrN3O5/c1-13-12-14(2-3-15(13)20)28-11-6-18(25)23-9-7-22(8-10-23)17(24)5-4-16(21)19(26)27/h2-3,12,16H,4-11,21H2,1H3,(H,26,27)/t16-/m0/s1. The summed E-state index contributed by atoms with van der Waals surface area (Å²) in [4.78, 5) is 38.5. The molecule has 0 bridgehead atoms. The molecule has 1 atom stereocenters. The fourth-order valence-electron chi connectivity index (χ4n) is 2.89. The molecule has 1 saturated heterocycles. The molecule has 0 saturated carbocycles. The lowest BCUT2D eigenvalue weighted by Gasteiger charge is -2.35. The molecule has 1 aliphatic rings. The van der Waals surface area contributed by atoms with E-state index in [1.807, 2.05) is 25.1 Å². The Labute approximate surface area is 172 Å². The minimum atomic E-state index is -1.11. The van der Waals surface area contributed by atoms with Gasteiger partial charge in [0, 0.05) is 37.1 Å². The molecule has 2 amide bonds. The summed E-state index contributed by atoms with van der Waals surface area (Å²) >= 11 is 3.43. The molecule has 2 rings (SSSR count). The van der Waals surface area contributed by atoms with Crippen LogP contribution in [0.15, 0.2) is 22.7 Å². The fourth-order valence-corrected chi connectivity index (χ4v) is 3.13. The molecule has 8 nitrogen and oxygen atoms in total. The van der Waals surface area contributed by atoms with Crippen LogP contribution in [-0.4, -0.2) is 71.5 Å². The third-order valence-electron chi connectivity index (χ3n) is 4.69. The van der Waals surface area contributed by atoms with Gasteiger partial charge < -0.3 is 25.4 Å². The zero-order valence-electron chi connectivity index (χ0n) is 15.9. The van der Waals surface area contributed by atoms with E-state index in [2.05, 4.69) is 15.9 Å². The monoisotopic (exact) mass is 455 g/mol. The number of amides is 2. The van der Waals surface area contributed by atoms with Crippen LogP contribution in [0.2, 0.25) is 0 Å². The predicted octanol–water partition coefficient (Wildman–Crippen LogP) is 1.39. The van der Waals surface area contributed by atoms with E-state index in [4.69, 9.17) is 15.6 Å². The maximum Gasteiger partial charge on any atom is 0.320 e. The molecule has 1 aromatic rings. The number of nitrogens with two attached hydrogens (primary N) is 1. The van der Waals surface area contributed by atoms with E-state index in [9.17, 15) is 14.4 Å². The SMILES string of the molecule is Cc1cc(OCCC(=O)N2CCN(C(=O)CC[C@H](N)C(=O)O)CC2)ccc1Br. The number of aryl methyl sites for hydroxylation is 1. The van der Waals surface area contributed by atoms with Crippen LogP contribution in [0.25, 0.3) is 0 Å². The normalized spacial score (nSPS) is 15.2. The van der Waals surface area contributed by atoms with E-state index in [-0.39, 0.29) is 31.1 Å². The second-order valence-electron chi connectivity index (χ2n) is 6.75. The summed E-state index contributed by atoms with van der Waals surface area (Å²) < 4.78 is 6.65. The van der Waals surface area contributed by atoms with Gasteiger partial charge in [-0.15, -0.1) is 0 Å². The quantitative estimate of drug-likeness (QED) is 0.612. The zero-order valence-corrected chi connectivity index (χ0v) is 17.5. The van der Waals surface area contributed by atoms with E-state index in [1.165, 1.54) is 0 Å². The van der Waals surface area contributed by atoms with Crippen LogP contribution in [0, 0.1) is 6.92 Å². The molecule has 0 spiro atoms. The second kappa shape index (κ2) is 10.4. The molecule has 154 valence electrons. The molecule has 1 heterocycles. The van der Waals surface area contributed by atoms with Crippen molar-refractivity contribution in [1.82, 2.24) is 9.80 Å². The number of ether oxygens (including phenoxy) is 1. The van der Waals surface area contributed by atoms with Crippen molar-refractivity contribution in [3.63, 3.8) is 0 Å². The van der Waals surface area contributed by atoms with Crippen LogP contribution in [-0.2, 0) is 14.4 Å². The highest BCUT2D eigenvalue weighted by atomic mass is 79.9. The number of carboxylic acids is 1. The van der Waals surface area contributed by atoms with Crippen molar-refractivity contribution in [1.29, 1.82) is 0 Å². The van der Waals surface area contributed by atoms with Crippen LogP contribution in [0.4, 0.5) is 0 Å². The number of halogens is 1. The topological polar surface area (TPSA) is 113 Å². The van der Waals surface area contributed by atoms with Gasteiger partial charge in [-0.05, 0) is 37.1 Å². The van der Waals surface area contributed by atoms with Gasteiger partial charge in [0.25, 0.3) is 0 Å². The Balaban J connectivity index is 1.69. The highest BCUT2D eigenvalue weighted by Crippen LogP contribution is 2.21. The Bertz CT molecular complexity index is 720. The zero-order chi connectivity index (χ0) is 20.7. The largest absolute Gasteiger partial charge is 0.493 e. The van der Waals surface area contributed by atoms with Crippen LogP contribution >= 0.6 is 15.9 Å². The van der Waals surface area contributed by atoms with Gasteiger partial charge in [0.15, 0.2) is 0 Å². The van der Waals surface area contributed by atoms with Crippen LogP contribution in [0.3, 0.4) is 0 Å². The average molecular weight is 456 g/mol. The minimum absolute atomic E-state index is 0.00571. The highest BCUT2D eigenvalue weighted by Gasteiger charge is 2.24. The summed E-state index contributed by atoms with van der Waals surface area (Å²) in [6.07, 6.45) is 0.485. The average Bonchev–Trinajstić information content (AvgIpc) is 2.68. The molecule has 1 aromatic carbocycles. The third-order valence-corrected chi connectivity index (χ3v) is 5.58. The van der Waals surface area contributed by atoms with Gasteiger partial charge in [0.1, 0.15) is 11.8 Å². The maximum absolute atomic E-state index is 12.3. The smallest absolute Gasteiger partial charge is 0.320 e. The van der Waals surface area contributed by atoms with Crippen molar-refractivity contribution in [2.75, 3.05) is 32.8 Å². The molecule has 0 unspecified atom stereocenters. The highest BCUT2D eigenvalue weighted by molar-refractivity contribution is 9.10. The van der Waals surface area contributed by atoms with Crippen molar-refractivity contribution in [2.24, 2.45) is 5.73 Å². The molecule has 0 aromatic heterocycles. The summed E-state index contributed by atoms with van der Waals surface area (Å²) in [6.45, 7) is 4.09. The Hall–Kier alpha value is -2.13. The van der Waals surface area contributed by atoms with E-state index in [0.717, 1.165) is 15.8 Å². The van der Waals surface area contributed by atoms with E-state index < -0.39 is 12.0 Å². The van der Waals surface area contributed by atoms with Crippen molar-refractivity contribution in [3.05, 3.63) is 28.2 Å². The van der Waals surface area contributed by atoms with Gasteiger partial charge in [-0.1, -0.05) is 15.9 Å². The number of nitrogens with zero attached hydrogens (tertiary/aromatic N) is 2. The Morgan fingerprint density at radius 3 is 2.25 bits per heavy atom. The molecule has 1 aliphatic heterocycles. The number of aliphatic carboxylic acids is 1. The number of hydrogen-bond donors (Lipinski definition) is 2. The molecular weight excluding hydrogens is 430 g/mol. The second-order valence-corrected chi connectivity index (χ2v) is 7.61. The first-order valence-electron chi connectivity index (χ1n) is 9.21. The van der Waals surface area contributed by atoms with Crippen LogP contribution < -0.4 is 10.5 Å². The number of carbonyl (C=O) groups is 3. The first kappa shape index (κ1) is 22.2. The van der Waals surface area contributed by atoms with Crippen LogP contribution in [0.1, 0.15) is 24.8 Å². The summed E-state index contributed by atoms with van der Waals surface area (Å²) in [7, 11) is 0. The van der Waals surface area contributed by atoms with E-state index >= 15 is 0 Å². The number of rotatable bonds is 8. The Kier molecular flexibility index (Phi) is 8.25. The summed E-state index contributed by atoms with van der Waals surface area (Å²) in [5, 5.41) is 8.76. The van der Waals surface area contributed by atoms with Gasteiger partial charge in [-0.3, -0.25) is 14.4 Å². The van der Waals surface area contributed by atoms with Crippen molar-refractivity contribution < 1.29 is 24.2 Å². The number of carboxylic acid groups (broad SMARTS) is 1. The van der Waals surface area contributed by atoms with Crippen molar-refractivity contribution >= 4 is 33.7 Å². The lowest BCUT2D eigenvalue weighted by atomic mass is 10.1. The summed E-state index contributed by atoms with van der Waals surface area (Å²) in [5.41, 5.74) is 6.49. The van der Waals surface area contributed by atoms with Gasteiger partial charge >= 0.3 is 5.97 Å². The molecule has 28 heavy (non-hydrogen) atoms. The van der Waals surface area contributed by atoms with Crippen molar-refractivity contribution in [3.8, 4) is 5.75 Å². The third kappa shape index (κ3) is 6.49. The lowest BCUT2D eigenvalue weighted by Crippen LogP contribution is -2.51. The van der Waals surface area contributed by atoms with Crippen LogP contribution in [0.5, 0.6) is 5.75 Å². The molecule has 0 aliphatic carbocycles. The first-order chi connectivity index (χ1) is 13.3. The fraction of sp³-hybridized carbons (Fsp3) is 0.526. The first-order valence-corrected chi connectivity index (χ1v) is 10.00. The maximum atomic E-state index is 12.3. The molecule has 0 radical (unpaired) electrons. The minimum Gasteiger partial charge on any atom is -0.493 e. The van der Waals surface area contributed by atoms with Gasteiger partial charge in [0.05, 0.1) is 13.0 Å². The number of benzene rings is 1. The molecular formula is C19H26BrN3O5. The number of hydrogen-bond acceptors (Lipinski definition) is 5. The Morgan fingerprint density at radius 2 is 1.71 bits per heavy atom. The van der Waals surface area contributed by atoms with E-state index in [0.29, 0.717) is 32.8 Å². The van der Waals surface area contributed by atoms with Gasteiger partial charge in [-0.2, -0.15) is 0 Å². The number of carbonyl (C=O) groups excluding carboxylic acids is 2. The van der Waals surface area contributed by atoms with Crippen molar-refractivity contribution in [2.45, 2.75) is 32.2 Å².